The molecule has 3 rings (SSSR count). The van der Waals surface area contributed by atoms with Crippen LogP contribution in [-0.4, -0.2) is 40.7 Å². The molecule has 2 aliphatic rings. The maximum absolute atomic E-state index is 13.7. The maximum atomic E-state index is 13.7. The second-order valence-corrected chi connectivity index (χ2v) is 11.2. The lowest BCUT2D eigenvalue weighted by Gasteiger charge is -2.38. The smallest absolute Gasteiger partial charge is 0.403 e. The molecule has 176 valence electrons. The van der Waals surface area contributed by atoms with E-state index in [1.54, 1.807) is 12.4 Å². The predicted octanol–water partition coefficient (Wildman–Crippen LogP) is 3.37. The summed E-state index contributed by atoms with van der Waals surface area (Å²) in [4.78, 5) is 30.3. The van der Waals surface area contributed by atoms with E-state index in [1.807, 2.05) is 54.5 Å². The van der Waals surface area contributed by atoms with E-state index >= 15 is 0 Å². The van der Waals surface area contributed by atoms with Crippen molar-refractivity contribution in [1.29, 1.82) is 0 Å². The molecule has 2 atom stereocenters. The molecular weight excluding hydrogens is 405 g/mol. The molecule has 32 heavy (non-hydrogen) atoms. The molecule has 2 unspecified atom stereocenters. The predicted molar refractivity (Wildman–Crippen MR) is 125 cm³/mol. The van der Waals surface area contributed by atoms with E-state index in [1.165, 1.54) is 6.92 Å². The summed E-state index contributed by atoms with van der Waals surface area (Å²) in [7, 11) is -0.274. The summed E-state index contributed by atoms with van der Waals surface area (Å²) < 4.78 is 12.3. The summed E-state index contributed by atoms with van der Waals surface area (Å²) in [5.41, 5.74) is -0.450. The molecule has 8 heteroatoms. The number of carbonyl (C=O) groups is 2. The molecule has 2 amide bonds. The molecule has 1 aromatic heterocycles. The van der Waals surface area contributed by atoms with Crippen LogP contribution >= 0.6 is 0 Å². The maximum Gasteiger partial charge on any atom is 0.457 e. The fraction of sp³-hybridized carbons (Fsp3) is 0.708. The van der Waals surface area contributed by atoms with Crippen molar-refractivity contribution in [3.63, 3.8) is 0 Å². The minimum Gasteiger partial charge on any atom is -0.403 e. The van der Waals surface area contributed by atoms with Gasteiger partial charge in [0.05, 0.1) is 11.2 Å². The molecule has 1 aromatic rings. The molecule has 0 radical (unpaired) electrons. The zero-order valence-corrected chi connectivity index (χ0v) is 20.8. The minimum atomic E-state index is -1.14. The number of pyridine rings is 1. The van der Waals surface area contributed by atoms with Crippen molar-refractivity contribution in [2.45, 2.75) is 103 Å². The van der Waals surface area contributed by atoms with Gasteiger partial charge < -0.3 is 19.9 Å². The Bertz CT molecular complexity index is 864. The molecule has 2 heterocycles. The number of rotatable bonds is 6. The fourth-order valence-corrected chi connectivity index (χ4v) is 4.78. The number of hydrogen-bond acceptors (Lipinski definition) is 5. The number of hydrogen-bond donors (Lipinski definition) is 2. The van der Waals surface area contributed by atoms with E-state index in [9.17, 15) is 9.59 Å². The number of aromatic nitrogens is 1. The van der Waals surface area contributed by atoms with Gasteiger partial charge in [0.25, 0.3) is 5.91 Å². The number of nitrogens with one attached hydrogen (secondary N) is 2. The van der Waals surface area contributed by atoms with Crippen LogP contribution in [0.25, 0.3) is 0 Å². The van der Waals surface area contributed by atoms with Crippen molar-refractivity contribution in [3.05, 3.63) is 29.6 Å². The molecule has 0 spiro atoms. The van der Waals surface area contributed by atoms with Crippen LogP contribution in [0.1, 0.15) is 79.4 Å². The summed E-state index contributed by atoms with van der Waals surface area (Å²) in [6.07, 6.45) is 6.46. The van der Waals surface area contributed by atoms with Crippen molar-refractivity contribution in [1.82, 2.24) is 15.6 Å². The van der Waals surface area contributed by atoms with E-state index < -0.39 is 11.1 Å². The molecule has 7 nitrogen and oxygen atoms in total. The van der Waals surface area contributed by atoms with Gasteiger partial charge in [-0.15, -0.1) is 0 Å². The lowest BCUT2D eigenvalue weighted by Crippen LogP contribution is -2.61. The van der Waals surface area contributed by atoms with Crippen molar-refractivity contribution < 1.29 is 18.9 Å². The Morgan fingerprint density at radius 1 is 1.19 bits per heavy atom. The Morgan fingerprint density at radius 2 is 1.81 bits per heavy atom. The summed E-state index contributed by atoms with van der Waals surface area (Å²) in [6, 6.07) is 1.95. The molecular formula is C24H38BN3O4. The molecule has 0 saturated carbocycles. The van der Waals surface area contributed by atoms with Crippen LogP contribution in [0.15, 0.2) is 18.5 Å². The van der Waals surface area contributed by atoms with Gasteiger partial charge in [0.2, 0.25) is 5.91 Å². The minimum absolute atomic E-state index is 0.0876. The Morgan fingerprint density at radius 3 is 2.38 bits per heavy atom. The van der Waals surface area contributed by atoms with Crippen molar-refractivity contribution in [2.75, 3.05) is 0 Å². The van der Waals surface area contributed by atoms with Crippen LogP contribution in [0.2, 0.25) is 6.32 Å². The molecule has 0 aromatic carbocycles. The van der Waals surface area contributed by atoms with Gasteiger partial charge in [-0.3, -0.25) is 14.6 Å². The van der Waals surface area contributed by atoms with Crippen molar-refractivity contribution in [3.8, 4) is 0 Å². The summed E-state index contributed by atoms with van der Waals surface area (Å²) in [6.45, 7) is 15.5. The lowest BCUT2D eigenvalue weighted by molar-refractivity contribution is -0.136. The Hall–Kier alpha value is -1.93. The van der Waals surface area contributed by atoms with E-state index in [0.29, 0.717) is 6.42 Å². The molecule has 1 aliphatic heterocycles. The third kappa shape index (κ3) is 4.71. The van der Waals surface area contributed by atoms with Gasteiger partial charge in [-0.05, 0) is 85.2 Å². The average Bonchev–Trinajstić information content (AvgIpc) is 3.04. The highest BCUT2D eigenvalue weighted by molar-refractivity contribution is 6.45. The summed E-state index contributed by atoms with van der Waals surface area (Å²) in [5, 5.41) is 6.14. The third-order valence-corrected chi connectivity index (χ3v) is 6.93. The van der Waals surface area contributed by atoms with Crippen LogP contribution in [0.3, 0.4) is 0 Å². The van der Waals surface area contributed by atoms with Crippen LogP contribution in [0.4, 0.5) is 0 Å². The molecule has 1 fully saturated rings. The molecule has 0 bridgehead atoms. The first kappa shape index (κ1) is 24.7. The fourth-order valence-electron chi connectivity index (χ4n) is 4.78. The zero-order valence-electron chi connectivity index (χ0n) is 20.8. The second-order valence-electron chi connectivity index (χ2n) is 11.2. The van der Waals surface area contributed by atoms with Crippen molar-refractivity contribution in [2.24, 2.45) is 5.92 Å². The van der Waals surface area contributed by atoms with E-state index in [0.717, 1.165) is 30.3 Å². The quantitative estimate of drug-likeness (QED) is 0.658. The number of amides is 2. The summed E-state index contributed by atoms with van der Waals surface area (Å²) in [5.74, 6) is -0.510. The van der Waals surface area contributed by atoms with Crippen LogP contribution in [0, 0.1) is 5.92 Å². The average molecular weight is 443 g/mol. The third-order valence-electron chi connectivity index (χ3n) is 6.93. The van der Waals surface area contributed by atoms with E-state index in [-0.39, 0.29) is 36.1 Å². The highest BCUT2D eigenvalue weighted by Crippen LogP contribution is 2.45. The molecule has 1 saturated heterocycles. The normalized spacial score (nSPS) is 26.0. The molecule has 2 N–H and O–H groups in total. The number of fused-ring (bicyclic) bond motifs is 1. The Kier molecular flexibility index (Phi) is 6.53. The highest BCUT2D eigenvalue weighted by Gasteiger charge is 2.54. The van der Waals surface area contributed by atoms with Gasteiger partial charge in [-0.25, -0.2) is 0 Å². The Balaban J connectivity index is 1.83. The standard InChI is InChI=1S/C24H38BN3O4/c1-16(29)27-24(20(30)28-21(2,3)4)18(14-17-11-13-26-15-19(17)24)10-9-12-25-31-22(5,6)23(7,8)32-25/h11,13,15,18H,9-10,12,14H2,1-8H3,(H,27,29)(H,28,30). The first-order valence-corrected chi connectivity index (χ1v) is 11.6. The lowest BCUT2D eigenvalue weighted by atomic mass is 9.75. The van der Waals surface area contributed by atoms with Gasteiger partial charge in [0.15, 0.2) is 0 Å². The summed E-state index contributed by atoms with van der Waals surface area (Å²) >= 11 is 0. The van der Waals surface area contributed by atoms with Crippen LogP contribution in [0.5, 0.6) is 0 Å². The number of carbonyl (C=O) groups excluding carboxylic acids is 2. The monoisotopic (exact) mass is 443 g/mol. The van der Waals surface area contributed by atoms with Crippen LogP contribution < -0.4 is 10.6 Å². The van der Waals surface area contributed by atoms with Gasteiger partial charge in [0, 0.05) is 30.4 Å². The van der Waals surface area contributed by atoms with Gasteiger partial charge in [0.1, 0.15) is 5.54 Å². The first-order chi connectivity index (χ1) is 14.7. The van der Waals surface area contributed by atoms with Gasteiger partial charge >= 0.3 is 7.12 Å². The van der Waals surface area contributed by atoms with Gasteiger partial charge in [-0.2, -0.15) is 0 Å². The number of nitrogens with zero attached hydrogens (tertiary/aromatic N) is 1. The van der Waals surface area contributed by atoms with Crippen LogP contribution in [-0.2, 0) is 30.9 Å². The van der Waals surface area contributed by atoms with Gasteiger partial charge in [-0.1, -0.05) is 6.42 Å². The van der Waals surface area contributed by atoms with Crippen molar-refractivity contribution >= 4 is 18.9 Å². The second kappa shape index (κ2) is 8.45. The highest BCUT2D eigenvalue weighted by atomic mass is 16.7. The zero-order chi connectivity index (χ0) is 23.9. The topological polar surface area (TPSA) is 89.6 Å². The molecule has 1 aliphatic carbocycles. The Labute approximate surface area is 192 Å². The first-order valence-electron chi connectivity index (χ1n) is 11.6. The van der Waals surface area contributed by atoms with E-state index in [2.05, 4.69) is 15.6 Å². The SMILES string of the molecule is CC(=O)NC1(C(=O)NC(C)(C)C)c2cnccc2CC1CCCB1OC(C)(C)C(C)(C)O1. The van der Waals surface area contributed by atoms with E-state index in [4.69, 9.17) is 9.31 Å². The largest absolute Gasteiger partial charge is 0.457 e.